The fraction of sp³-hybridized carbons (Fsp3) is 0.294. The summed E-state index contributed by atoms with van der Waals surface area (Å²) in [4.78, 5) is 44.6. The molecule has 2 rings (SSSR count). The second-order valence-electron chi connectivity index (χ2n) is 6.07. The summed E-state index contributed by atoms with van der Waals surface area (Å²) in [5.74, 6) is -2.37. The lowest BCUT2D eigenvalue weighted by molar-refractivity contribution is -0.490. The van der Waals surface area contributed by atoms with Crippen LogP contribution in [0, 0.1) is 10.1 Å². The van der Waals surface area contributed by atoms with Gasteiger partial charge in [0, 0.05) is 16.0 Å². The SMILES string of the molecule is CSc1ccnc(C(C)C)c1NC(=O)C(C(=O)c1cc(Cl)c(Cl)nc1Cl)[N+](=O)[O-]. The lowest BCUT2D eigenvalue weighted by atomic mass is 10.0. The van der Waals surface area contributed by atoms with Crippen molar-refractivity contribution in [3.63, 3.8) is 0 Å². The molecular formula is C17H15Cl3N4O4S. The minimum Gasteiger partial charge on any atom is -0.317 e. The highest BCUT2D eigenvalue weighted by molar-refractivity contribution is 7.98. The third kappa shape index (κ3) is 5.16. The topological polar surface area (TPSA) is 115 Å². The Bertz CT molecular complexity index is 987. The van der Waals surface area contributed by atoms with Gasteiger partial charge in [-0.15, -0.1) is 11.8 Å². The van der Waals surface area contributed by atoms with E-state index in [1.807, 2.05) is 13.8 Å². The molecule has 12 heteroatoms. The summed E-state index contributed by atoms with van der Waals surface area (Å²) in [5, 5.41) is 13.4. The van der Waals surface area contributed by atoms with Gasteiger partial charge in [0.05, 0.1) is 22.0 Å². The Labute approximate surface area is 185 Å². The summed E-state index contributed by atoms with van der Waals surface area (Å²) < 4.78 is 0. The molecule has 1 unspecified atom stereocenters. The first kappa shape index (κ1) is 23.3. The van der Waals surface area contributed by atoms with Gasteiger partial charge in [0.15, 0.2) is 0 Å². The molecule has 0 saturated carbocycles. The summed E-state index contributed by atoms with van der Waals surface area (Å²) in [6, 6.07) is 0.443. The number of rotatable bonds is 7. The first-order chi connectivity index (χ1) is 13.6. The molecule has 1 amide bonds. The van der Waals surface area contributed by atoms with Gasteiger partial charge in [0.1, 0.15) is 10.3 Å². The van der Waals surface area contributed by atoms with Crippen molar-refractivity contribution < 1.29 is 14.5 Å². The van der Waals surface area contributed by atoms with Crippen LogP contribution in [-0.2, 0) is 4.79 Å². The molecule has 0 bridgehead atoms. The maximum Gasteiger partial charge on any atom is 0.351 e. The zero-order valence-corrected chi connectivity index (χ0v) is 18.5. The van der Waals surface area contributed by atoms with E-state index in [4.69, 9.17) is 34.8 Å². The Morgan fingerprint density at radius 3 is 2.45 bits per heavy atom. The number of carbonyl (C=O) groups is 2. The second kappa shape index (κ2) is 9.71. The summed E-state index contributed by atoms with van der Waals surface area (Å²) in [6.45, 7) is 3.72. The van der Waals surface area contributed by atoms with E-state index in [-0.39, 0.29) is 21.7 Å². The lowest BCUT2D eigenvalue weighted by Gasteiger charge is -2.17. The number of anilines is 1. The minimum atomic E-state index is -2.26. The van der Waals surface area contributed by atoms with Crippen molar-refractivity contribution in [3.8, 4) is 0 Å². The van der Waals surface area contributed by atoms with E-state index in [0.717, 1.165) is 6.07 Å². The molecule has 1 N–H and O–H groups in total. The van der Waals surface area contributed by atoms with Crippen LogP contribution in [0.1, 0.15) is 35.8 Å². The van der Waals surface area contributed by atoms with Gasteiger partial charge in [-0.05, 0) is 24.3 Å². The minimum absolute atomic E-state index is 0.0733. The van der Waals surface area contributed by atoms with Gasteiger partial charge in [-0.1, -0.05) is 48.7 Å². The van der Waals surface area contributed by atoms with Crippen LogP contribution < -0.4 is 5.32 Å². The Balaban J connectivity index is 2.46. The first-order valence-corrected chi connectivity index (χ1v) is 10.5. The molecule has 0 spiro atoms. The number of nitrogens with zero attached hydrogens (tertiary/aromatic N) is 3. The van der Waals surface area contributed by atoms with Crippen molar-refractivity contribution in [2.75, 3.05) is 11.6 Å². The fourth-order valence-electron chi connectivity index (χ4n) is 2.46. The van der Waals surface area contributed by atoms with Crippen LogP contribution in [0.2, 0.25) is 15.3 Å². The molecule has 0 radical (unpaired) electrons. The standard InChI is InChI=1S/C17H15Cl3N4O4S/c1-7(2)11-12(10(29-3)4-5-21-11)22-17(26)13(24(27)28)14(25)8-6-9(18)16(20)23-15(8)19/h4-7,13H,1-3H3,(H,22,26). The number of aromatic nitrogens is 2. The lowest BCUT2D eigenvalue weighted by Crippen LogP contribution is -2.42. The molecule has 2 heterocycles. The number of ketones is 1. The largest absolute Gasteiger partial charge is 0.351 e. The molecule has 0 fully saturated rings. The number of thioether (sulfide) groups is 1. The number of halogens is 3. The van der Waals surface area contributed by atoms with Gasteiger partial charge < -0.3 is 5.32 Å². The third-order valence-electron chi connectivity index (χ3n) is 3.82. The van der Waals surface area contributed by atoms with E-state index in [2.05, 4.69) is 15.3 Å². The summed E-state index contributed by atoms with van der Waals surface area (Å²) in [7, 11) is 0. The zero-order valence-electron chi connectivity index (χ0n) is 15.4. The van der Waals surface area contributed by atoms with E-state index in [9.17, 15) is 19.7 Å². The van der Waals surface area contributed by atoms with Crippen LogP contribution in [0.25, 0.3) is 0 Å². The Kier molecular flexibility index (Phi) is 7.81. The molecule has 0 saturated heterocycles. The summed E-state index contributed by atoms with van der Waals surface area (Å²) in [5.41, 5.74) is 0.477. The number of amides is 1. The highest BCUT2D eigenvalue weighted by atomic mass is 35.5. The molecule has 0 aliphatic heterocycles. The number of nitro groups is 1. The maximum absolute atomic E-state index is 12.7. The molecule has 0 aromatic carbocycles. The third-order valence-corrected chi connectivity index (χ3v) is 5.56. The van der Waals surface area contributed by atoms with Crippen molar-refractivity contribution >= 4 is 63.9 Å². The van der Waals surface area contributed by atoms with E-state index >= 15 is 0 Å². The molecule has 8 nitrogen and oxygen atoms in total. The average molecular weight is 478 g/mol. The van der Waals surface area contributed by atoms with Crippen molar-refractivity contribution in [2.45, 2.75) is 30.7 Å². The van der Waals surface area contributed by atoms with Crippen molar-refractivity contribution in [1.29, 1.82) is 0 Å². The molecule has 0 aliphatic rings. The number of hydrogen-bond acceptors (Lipinski definition) is 7. The van der Waals surface area contributed by atoms with Crippen LogP contribution in [-0.4, -0.2) is 38.9 Å². The molecule has 0 aliphatic carbocycles. The van der Waals surface area contributed by atoms with E-state index in [1.54, 1.807) is 18.5 Å². The van der Waals surface area contributed by atoms with Crippen molar-refractivity contribution in [1.82, 2.24) is 9.97 Å². The van der Waals surface area contributed by atoms with Crippen LogP contribution in [0.5, 0.6) is 0 Å². The van der Waals surface area contributed by atoms with Crippen LogP contribution in [0.15, 0.2) is 23.2 Å². The average Bonchev–Trinajstić information content (AvgIpc) is 2.64. The maximum atomic E-state index is 12.7. The van der Waals surface area contributed by atoms with Gasteiger partial charge in [-0.2, -0.15) is 0 Å². The van der Waals surface area contributed by atoms with Gasteiger partial charge in [0.2, 0.25) is 5.78 Å². The first-order valence-electron chi connectivity index (χ1n) is 8.11. The van der Waals surface area contributed by atoms with E-state index in [0.29, 0.717) is 16.3 Å². The van der Waals surface area contributed by atoms with Crippen molar-refractivity contribution in [3.05, 3.63) is 55.0 Å². The molecule has 2 aromatic heterocycles. The fourth-order valence-corrected chi connectivity index (χ4v) is 3.58. The van der Waals surface area contributed by atoms with E-state index < -0.39 is 27.8 Å². The number of Topliss-reactive ketones (excluding diaryl/α,β-unsaturated/α-hetero) is 1. The predicted octanol–water partition coefficient (Wildman–Crippen LogP) is 4.75. The number of pyridine rings is 2. The van der Waals surface area contributed by atoms with Gasteiger partial charge >= 0.3 is 11.9 Å². The predicted molar refractivity (Wildman–Crippen MR) is 113 cm³/mol. The van der Waals surface area contributed by atoms with Gasteiger partial charge in [0.25, 0.3) is 0 Å². The second-order valence-corrected chi connectivity index (χ2v) is 8.04. The zero-order chi connectivity index (χ0) is 21.9. The smallest absolute Gasteiger partial charge is 0.317 e. The summed E-state index contributed by atoms with van der Waals surface area (Å²) >= 11 is 18.8. The Morgan fingerprint density at radius 2 is 1.90 bits per heavy atom. The number of hydrogen-bond donors (Lipinski definition) is 1. The van der Waals surface area contributed by atoms with Gasteiger partial charge in [-0.3, -0.25) is 24.7 Å². The molecule has 1 atom stereocenters. The van der Waals surface area contributed by atoms with Crippen LogP contribution in [0.4, 0.5) is 5.69 Å². The Hall–Kier alpha value is -1.94. The molecule has 154 valence electrons. The van der Waals surface area contributed by atoms with E-state index in [1.165, 1.54) is 11.8 Å². The molecule has 2 aromatic rings. The van der Waals surface area contributed by atoms with Crippen molar-refractivity contribution in [2.24, 2.45) is 0 Å². The van der Waals surface area contributed by atoms with Crippen LogP contribution in [0.3, 0.4) is 0 Å². The summed E-state index contributed by atoms with van der Waals surface area (Å²) in [6.07, 6.45) is 3.36. The highest BCUT2D eigenvalue weighted by Gasteiger charge is 2.40. The van der Waals surface area contributed by atoms with Crippen LogP contribution >= 0.6 is 46.6 Å². The molecule has 29 heavy (non-hydrogen) atoms. The quantitative estimate of drug-likeness (QED) is 0.153. The highest BCUT2D eigenvalue weighted by Crippen LogP contribution is 2.32. The molecular weight excluding hydrogens is 463 g/mol. The monoisotopic (exact) mass is 476 g/mol. The number of nitrogens with one attached hydrogen (secondary N) is 1. The Morgan fingerprint density at radius 1 is 1.24 bits per heavy atom. The normalized spacial score (nSPS) is 12.0. The number of carbonyl (C=O) groups excluding carboxylic acids is 2. The van der Waals surface area contributed by atoms with Gasteiger partial charge in [-0.25, -0.2) is 4.98 Å².